The molecule has 0 unspecified atom stereocenters. The summed E-state index contributed by atoms with van der Waals surface area (Å²) < 4.78 is 5.19. The van der Waals surface area contributed by atoms with Gasteiger partial charge in [0.25, 0.3) is 0 Å². The number of nitrogens with zero attached hydrogens (tertiary/aromatic N) is 1. The third-order valence-electron chi connectivity index (χ3n) is 4.81. The van der Waals surface area contributed by atoms with Crippen LogP contribution >= 0.6 is 12.4 Å². The third-order valence-corrected chi connectivity index (χ3v) is 4.81. The molecule has 24 heavy (non-hydrogen) atoms. The molecule has 1 saturated heterocycles. The Hall–Kier alpha value is -1.26. The zero-order chi connectivity index (χ0) is 17.0. The van der Waals surface area contributed by atoms with Crippen LogP contribution in [-0.4, -0.2) is 37.0 Å². The second kappa shape index (κ2) is 8.72. The molecule has 0 radical (unpaired) electrons. The maximum atomic E-state index is 12.5. The zero-order valence-electron chi connectivity index (χ0n) is 15.2. The SMILES string of the molecule is COc1ccc(CC2CCN(C(=O)[C@@H](N)C(C)(C)C)CC2)cc1.Cl. The Morgan fingerprint density at radius 3 is 2.25 bits per heavy atom. The van der Waals surface area contributed by atoms with E-state index in [1.165, 1.54) is 5.56 Å². The van der Waals surface area contributed by atoms with E-state index in [1.54, 1.807) is 7.11 Å². The Balaban J connectivity index is 0.00000288. The maximum Gasteiger partial charge on any atom is 0.240 e. The lowest BCUT2D eigenvalue weighted by atomic mass is 9.85. The van der Waals surface area contributed by atoms with Gasteiger partial charge in [-0.1, -0.05) is 32.9 Å². The summed E-state index contributed by atoms with van der Waals surface area (Å²) in [6.45, 7) is 7.71. The number of likely N-dealkylation sites (tertiary alicyclic amines) is 1. The molecule has 1 aliphatic rings. The first kappa shape index (κ1) is 20.8. The highest BCUT2D eigenvalue weighted by Crippen LogP contribution is 2.25. The minimum Gasteiger partial charge on any atom is -0.497 e. The average molecular weight is 355 g/mol. The molecule has 1 fully saturated rings. The van der Waals surface area contributed by atoms with Gasteiger partial charge in [-0.15, -0.1) is 12.4 Å². The quantitative estimate of drug-likeness (QED) is 0.902. The molecule has 2 N–H and O–H groups in total. The Morgan fingerprint density at radius 2 is 1.79 bits per heavy atom. The second-order valence-electron chi connectivity index (χ2n) is 7.66. The zero-order valence-corrected chi connectivity index (χ0v) is 16.1. The highest BCUT2D eigenvalue weighted by molar-refractivity contribution is 5.85. The Kier molecular flexibility index (Phi) is 7.56. The van der Waals surface area contributed by atoms with Crippen molar-refractivity contribution < 1.29 is 9.53 Å². The topological polar surface area (TPSA) is 55.6 Å². The molecule has 2 rings (SSSR count). The van der Waals surface area contributed by atoms with Crippen molar-refractivity contribution in [2.45, 2.75) is 46.1 Å². The van der Waals surface area contributed by atoms with Crippen molar-refractivity contribution in [3.05, 3.63) is 29.8 Å². The number of benzene rings is 1. The van der Waals surface area contributed by atoms with Crippen molar-refractivity contribution in [2.24, 2.45) is 17.1 Å². The lowest BCUT2D eigenvalue weighted by Crippen LogP contribution is -2.52. The van der Waals surface area contributed by atoms with Gasteiger partial charge in [-0.05, 0) is 48.3 Å². The lowest BCUT2D eigenvalue weighted by molar-refractivity contribution is -0.136. The summed E-state index contributed by atoms with van der Waals surface area (Å²) in [7, 11) is 1.68. The summed E-state index contributed by atoms with van der Waals surface area (Å²) in [6.07, 6.45) is 3.17. The van der Waals surface area contributed by atoms with Crippen LogP contribution in [-0.2, 0) is 11.2 Å². The normalized spacial score (nSPS) is 17.1. The molecule has 0 aromatic heterocycles. The molecule has 5 heteroatoms. The van der Waals surface area contributed by atoms with E-state index in [0.29, 0.717) is 5.92 Å². The van der Waals surface area contributed by atoms with E-state index in [-0.39, 0.29) is 23.7 Å². The minimum atomic E-state index is -0.416. The number of halogens is 1. The first-order chi connectivity index (χ1) is 10.8. The molecular weight excluding hydrogens is 324 g/mol. The van der Waals surface area contributed by atoms with Crippen LogP contribution in [0.3, 0.4) is 0 Å². The summed E-state index contributed by atoms with van der Waals surface area (Å²) >= 11 is 0. The number of piperidine rings is 1. The fraction of sp³-hybridized carbons (Fsp3) is 0.632. The van der Waals surface area contributed by atoms with Gasteiger partial charge >= 0.3 is 0 Å². The standard InChI is InChI=1S/C19H30N2O2.ClH/c1-19(2,3)17(20)18(22)21-11-9-15(10-12-21)13-14-5-7-16(23-4)8-6-14;/h5-8,15,17H,9-13,20H2,1-4H3;1H/t17-;/m1./s1. The molecular formula is C19H31ClN2O2. The molecule has 0 aliphatic carbocycles. The Bertz CT molecular complexity index is 517. The van der Waals surface area contributed by atoms with Crippen LogP contribution in [0.1, 0.15) is 39.2 Å². The number of hydrogen-bond acceptors (Lipinski definition) is 3. The average Bonchev–Trinajstić information content (AvgIpc) is 2.54. The van der Waals surface area contributed by atoms with Crippen molar-refractivity contribution in [3.63, 3.8) is 0 Å². The molecule has 1 amide bonds. The van der Waals surface area contributed by atoms with E-state index in [1.807, 2.05) is 37.8 Å². The first-order valence-corrected chi connectivity index (χ1v) is 8.48. The Morgan fingerprint density at radius 1 is 1.25 bits per heavy atom. The predicted molar refractivity (Wildman–Crippen MR) is 101 cm³/mol. The molecule has 4 nitrogen and oxygen atoms in total. The number of methoxy groups -OCH3 is 1. The van der Waals surface area contributed by atoms with E-state index in [9.17, 15) is 4.79 Å². The number of rotatable bonds is 4. The lowest BCUT2D eigenvalue weighted by Gasteiger charge is -2.36. The summed E-state index contributed by atoms with van der Waals surface area (Å²) in [4.78, 5) is 14.4. The molecule has 1 heterocycles. The molecule has 0 bridgehead atoms. The number of nitrogens with two attached hydrogens (primary N) is 1. The van der Waals surface area contributed by atoms with E-state index in [2.05, 4.69) is 12.1 Å². The van der Waals surface area contributed by atoms with Crippen molar-refractivity contribution in [1.82, 2.24) is 4.90 Å². The highest BCUT2D eigenvalue weighted by atomic mass is 35.5. The number of amides is 1. The van der Waals surface area contributed by atoms with Crippen LogP contribution < -0.4 is 10.5 Å². The van der Waals surface area contributed by atoms with Gasteiger partial charge in [0.05, 0.1) is 13.2 Å². The van der Waals surface area contributed by atoms with Gasteiger partial charge in [0, 0.05) is 13.1 Å². The predicted octanol–water partition coefficient (Wildman–Crippen LogP) is 3.27. The summed E-state index contributed by atoms with van der Waals surface area (Å²) in [5.41, 5.74) is 7.26. The second-order valence-corrected chi connectivity index (χ2v) is 7.66. The summed E-state index contributed by atoms with van der Waals surface area (Å²) in [5.74, 6) is 1.63. The summed E-state index contributed by atoms with van der Waals surface area (Å²) in [6, 6.07) is 7.87. The molecule has 0 saturated carbocycles. The van der Waals surface area contributed by atoms with Crippen LogP contribution in [0, 0.1) is 11.3 Å². The van der Waals surface area contributed by atoms with E-state index in [0.717, 1.165) is 38.1 Å². The monoisotopic (exact) mass is 354 g/mol. The van der Waals surface area contributed by atoms with Crippen molar-refractivity contribution >= 4 is 18.3 Å². The van der Waals surface area contributed by atoms with Crippen molar-refractivity contribution in [3.8, 4) is 5.75 Å². The number of carbonyl (C=O) groups is 1. The first-order valence-electron chi connectivity index (χ1n) is 8.48. The molecule has 1 aliphatic heterocycles. The number of carbonyl (C=O) groups excluding carboxylic acids is 1. The van der Waals surface area contributed by atoms with Crippen LogP contribution in [0.25, 0.3) is 0 Å². The van der Waals surface area contributed by atoms with Crippen LogP contribution in [0.5, 0.6) is 5.75 Å². The molecule has 136 valence electrons. The van der Waals surface area contributed by atoms with Gasteiger partial charge in [0.2, 0.25) is 5.91 Å². The fourth-order valence-electron chi connectivity index (χ4n) is 3.02. The van der Waals surface area contributed by atoms with Crippen molar-refractivity contribution in [2.75, 3.05) is 20.2 Å². The smallest absolute Gasteiger partial charge is 0.240 e. The van der Waals surface area contributed by atoms with Gasteiger partial charge in [0.15, 0.2) is 0 Å². The van der Waals surface area contributed by atoms with E-state index in [4.69, 9.17) is 10.5 Å². The van der Waals surface area contributed by atoms with Crippen molar-refractivity contribution in [1.29, 1.82) is 0 Å². The molecule has 1 atom stereocenters. The fourth-order valence-corrected chi connectivity index (χ4v) is 3.02. The van der Waals surface area contributed by atoms with Gasteiger partial charge in [-0.2, -0.15) is 0 Å². The third kappa shape index (κ3) is 5.38. The van der Waals surface area contributed by atoms with Crippen LogP contribution in [0.4, 0.5) is 0 Å². The van der Waals surface area contributed by atoms with E-state index < -0.39 is 6.04 Å². The summed E-state index contributed by atoms with van der Waals surface area (Å²) in [5, 5.41) is 0. The van der Waals surface area contributed by atoms with E-state index >= 15 is 0 Å². The van der Waals surface area contributed by atoms with Gasteiger partial charge in [-0.3, -0.25) is 4.79 Å². The molecule has 1 aromatic rings. The van der Waals surface area contributed by atoms with Crippen LogP contribution in [0.2, 0.25) is 0 Å². The van der Waals surface area contributed by atoms with Crippen LogP contribution in [0.15, 0.2) is 24.3 Å². The largest absolute Gasteiger partial charge is 0.497 e. The minimum absolute atomic E-state index is 0. The maximum absolute atomic E-state index is 12.5. The van der Waals surface area contributed by atoms with Gasteiger partial charge in [0.1, 0.15) is 5.75 Å². The van der Waals surface area contributed by atoms with Gasteiger partial charge < -0.3 is 15.4 Å². The number of hydrogen-bond donors (Lipinski definition) is 1. The number of ether oxygens (including phenoxy) is 1. The van der Waals surface area contributed by atoms with Gasteiger partial charge in [-0.25, -0.2) is 0 Å². The molecule has 1 aromatic carbocycles. The highest BCUT2D eigenvalue weighted by Gasteiger charge is 2.32. The Labute approximate surface area is 152 Å². The molecule has 0 spiro atoms.